The summed E-state index contributed by atoms with van der Waals surface area (Å²) in [7, 11) is 0. The van der Waals surface area contributed by atoms with E-state index in [4.69, 9.17) is 0 Å². The minimum absolute atomic E-state index is 0.0819. The van der Waals surface area contributed by atoms with Crippen LogP contribution in [0.1, 0.15) is 28.4 Å². The number of amides is 2. The molecule has 0 spiro atoms. The molecule has 0 atom stereocenters. The lowest BCUT2D eigenvalue weighted by Gasteiger charge is -2.13. The molecule has 2 rings (SSSR count). The van der Waals surface area contributed by atoms with Gasteiger partial charge in [-0.1, -0.05) is 19.1 Å². The van der Waals surface area contributed by atoms with Crippen molar-refractivity contribution in [3.8, 4) is 0 Å². The molecule has 3 N–H and O–H groups in total. The molecule has 0 unspecified atom stereocenters. The average molecular weight is 299 g/mol. The van der Waals surface area contributed by atoms with Gasteiger partial charge in [0.2, 0.25) is 0 Å². The van der Waals surface area contributed by atoms with Crippen LogP contribution < -0.4 is 10.6 Å². The second-order valence-corrected chi connectivity index (χ2v) is 4.66. The highest BCUT2D eigenvalue weighted by Crippen LogP contribution is 2.22. The van der Waals surface area contributed by atoms with Crippen molar-refractivity contribution in [1.29, 1.82) is 0 Å². The first-order valence-electron chi connectivity index (χ1n) is 6.90. The van der Waals surface area contributed by atoms with Crippen molar-refractivity contribution in [2.75, 3.05) is 5.32 Å². The number of aryl methyl sites for hydroxylation is 1. The highest BCUT2D eigenvalue weighted by molar-refractivity contribution is 6.01. The number of carbonyl (C=O) groups excluding carboxylic acids is 1. The molecule has 1 heterocycles. The maximum Gasteiger partial charge on any atom is 0.337 e. The Morgan fingerprint density at radius 1 is 1.18 bits per heavy atom. The summed E-state index contributed by atoms with van der Waals surface area (Å²) in [4.78, 5) is 27.2. The number of anilines is 1. The van der Waals surface area contributed by atoms with E-state index in [-0.39, 0.29) is 5.56 Å². The highest BCUT2D eigenvalue weighted by Gasteiger charge is 2.15. The smallest absolute Gasteiger partial charge is 0.337 e. The molecule has 0 bridgehead atoms. The quantitative estimate of drug-likeness (QED) is 0.791. The molecule has 2 amide bonds. The van der Waals surface area contributed by atoms with E-state index in [0.29, 0.717) is 18.7 Å². The summed E-state index contributed by atoms with van der Waals surface area (Å²) in [6.45, 7) is 2.24. The zero-order chi connectivity index (χ0) is 15.9. The third-order valence-electron chi connectivity index (χ3n) is 3.20. The molecule has 0 aliphatic rings. The Labute approximate surface area is 128 Å². The second kappa shape index (κ2) is 7.21. The van der Waals surface area contributed by atoms with Gasteiger partial charge in [0, 0.05) is 18.9 Å². The number of nitrogens with zero attached hydrogens (tertiary/aromatic N) is 1. The molecule has 6 heteroatoms. The molecule has 1 aromatic heterocycles. The maximum atomic E-state index is 12.0. The summed E-state index contributed by atoms with van der Waals surface area (Å²) in [5.74, 6) is -1.07. The van der Waals surface area contributed by atoms with Crippen LogP contribution in [-0.2, 0) is 13.0 Å². The lowest BCUT2D eigenvalue weighted by molar-refractivity contribution is 0.0698. The number of aromatic nitrogens is 1. The fourth-order valence-corrected chi connectivity index (χ4v) is 2.06. The maximum absolute atomic E-state index is 12.0. The first-order chi connectivity index (χ1) is 10.6. The number of para-hydroxylation sites is 1. The van der Waals surface area contributed by atoms with Gasteiger partial charge in [0.15, 0.2) is 0 Å². The van der Waals surface area contributed by atoms with E-state index in [2.05, 4.69) is 15.6 Å². The van der Waals surface area contributed by atoms with E-state index < -0.39 is 12.0 Å². The number of nitrogens with one attached hydrogen (secondary N) is 2. The fourth-order valence-electron chi connectivity index (χ4n) is 2.06. The lowest BCUT2D eigenvalue weighted by Crippen LogP contribution is -2.29. The topological polar surface area (TPSA) is 91.3 Å². The summed E-state index contributed by atoms with van der Waals surface area (Å²) in [5.41, 5.74) is 2.11. The number of urea groups is 1. The molecule has 6 nitrogen and oxygen atoms in total. The normalized spacial score (nSPS) is 10.0. The molecule has 0 aliphatic heterocycles. The van der Waals surface area contributed by atoms with Crippen LogP contribution in [0, 0.1) is 0 Å². The summed E-state index contributed by atoms with van der Waals surface area (Å²) >= 11 is 0. The molecule has 0 radical (unpaired) electrons. The van der Waals surface area contributed by atoms with Gasteiger partial charge in [-0.25, -0.2) is 9.59 Å². The van der Waals surface area contributed by atoms with Gasteiger partial charge in [0.1, 0.15) is 0 Å². The minimum atomic E-state index is -1.07. The van der Waals surface area contributed by atoms with Crippen molar-refractivity contribution in [2.24, 2.45) is 0 Å². The first-order valence-corrected chi connectivity index (χ1v) is 6.90. The second-order valence-electron chi connectivity index (χ2n) is 4.66. The van der Waals surface area contributed by atoms with Crippen molar-refractivity contribution in [1.82, 2.24) is 10.3 Å². The monoisotopic (exact) mass is 299 g/mol. The van der Waals surface area contributed by atoms with E-state index in [1.54, 1.807) is 36.7 Å². The molecule has 22 heavy (non-hydrogen) atoms. The highest BCUT2D eigenvalue weighted by atomic mass is 16.4. The van der Waals surface area contributed by atoms with E-state index in [0.717, 1.165) is 11.1 Å². The number of hydrogen-bond donors (Lipinski definition) is 3. The van der Waals surface area contributed by atoms with Gasteiger partial charge in [0.25, 0.3) is 0 Å². The van der Waals surface area contributed by atoms with Crippen LogP contribution in [0.15, 0.2) is 42.7 Å². The van der Waals surface area contributed by atoms with Crippen LogP contribution in [0.3, 0.4) is 0 Å². The van der Waals surface area contributed by atoms with Crippen LogP contribution >= 0.6 is 0 Å². The van der Waals surface area contributed by atoms with Crippen molar-refractivity contribution in [3.63, 3.8) is 0 Å². The molecular weight excluding hydrogens is 282 g/mol. The van der Waals surface area contributed by atoms with Gasteiger partial charge in [-0.2, -0.15) is 0 Å². The number of rotatable bonds is 5. The SMILES string of the molecule is CCc1cccc(C(=O)O)c1NC(=O)NCc1ccncc1. The first kappa shape index (κ1) is 15.5. The van der Waals surface area contributed by atoms with E-state index >= 15 is 0 Å². The minimum Gasteiger partial charge on any atom is -0.478 e. The van der Waals surface area contributed by atoms with Crippen LogP contribution in [0.25, 0.3) is 0 Å². The van der Waals surface area contributed by atoms with Gasteiger partial charge in [-0.3, -0.25) is 4.98 Å². The number of aromatic carboxylic acids is 1. The van der Waals surface area contributed by atoms with Crippen molar-refractivity contribution >= 4 is 17.7 Å². The fraction of sp³-hybridized carbons (Fsp3) is 0.188. The lowest BCUT2D eigenvalue weighted by atomic mass is 10.1. The predicted molar refractivity (Wildman–Crippen MR) is 82.9 cm³/mol. The van der Waals surface area contributed by atoms with Crippen LogP contribution in [0.5, 0.6) is 0 Å². The number of carboxylic acids is 1. The average Bonchev–Trinajstić information content (AvgIpc) is 2.54. The van der Waals surface area contributed by atoms with Crippen LogP contribution in [0.4, 0.5) is 10.5 Å². The Kier molecular flexibility index (Phi) is 5.08. The molecule has 0 saturated heterocycles. The Hall–Kier alpha value is -2.89. The predicted octanol–water partition coefficient (Wildman–Crippen LogP) is 2.66. The van der Waals surface area contributed by atoms with Crippen molar-refractivity contribution in [3.05, 3.63) is 59.4 Å². The molecule has 1 aromatic carbocycles. The van der Waals surface area contributed by atoms with Gasteiger partial charge in [-0.15, -0.1) is 0 Å². The van der Waals surface area contributed by atoms with Gasteiger partial charge < -0.3 is 15.7 Å². The molecule has 0 fully saturated rings. The molecule has 0 aliphatic carbocycles. The largest absolute Gasteiger partial charge is 0.478 e. The van der Waals surface area contributed by atoms with E-state index in [9.17, 15) is 14.7 Å². The van der Waals surface area contributed by atoms with Crippen LogP contribution in [-0.4, -0.2) is 22.1 Å². The standard InChI is InChI=1S/C16H17N3O3/c1-2-12-4-3-5-13(15(20)21)14(12)19-16(22)18-10-11-6-8-17-9-7-11/h3-9H,2,10H2,1H3,(H,20,21)(H2,18,19,22). The summed E-state index contributed by atoms with van der Waals surface area (Å²) < 4.78 is 0. The number of hydrogen-bond acceptors (Lipinski definition) is 3. The van der Waals surface area contributed by atoms with Crippen molar-refractivity contribution < 1.29 is 14.7 Å². The third kappa shape index (κ3) is 3.82. The zero-order valence-electron chi connectivity index (χ0n) is 12.2. The zero-order valence-corrected chi connectivity index (χ0v) is 12.2. The summed E-state index contributed by atoms with van der Waals surface area (Å²) in [6.07, 6.45) is 3.91. The van der Waals surface area contributed by atoms with E-state index in [1.807, 2.05) is 6.92 Å². The van der Waals surface area contributed by atoms with Crippen LogP contribution in [0.2, 0.25) is 0 Å². The summed E-state index contributed by atoms with van der Waals surface area (Å²) in [5, 5.41) is 14.6. The van der Waals surface area contributed by atoms with Crippen molar-refractivity contribution in [2.45, 2.75) is 19.9 Å². The van der Waals surface area contributed by atoms with Gasteiger partial charge in [0.05, 0.1) is 11.3 Å². The Morgan fingerprint density at radius 2 is 1.91 bits per heavy atom. The number of carboxylic acid groups (broad SMARTS) is 1. The van der Waals surface area contributed by atoms with Gasteiger partial charge >= 0.3 is 12.0 Å². The molecule has 0 saturated carbocycles. The molecule has 114 valence electrons. The molecular formula is C16H17N3O3. The van der Waals surface area contributed by atoms with E-state index in [1.165, 1.54) is 6.07 Å². The number of pyridine rings is 1. The number of benzene rings is 1. The summed E-state index contributed by atoms with van der Waals surface area (Å²) in [6, 6.07) is 8.08. The Bertz CT molecular complexity index is 672. The molecule has 2 aromatic rings. The third-order valence-corrected chi connectivity index (χ3v) is 3.20. The Morgan fingerprint density at radius 3 is 2.55 bits per heavy atom. The Balaban J connectivity index is 2.09. The van der Waals surface area contributed by atoms with Gasteiger partial charge in [-0.05, 0) is 35.7 Å². The number of carbonyl (C=O) groups is 2.